The maximum Gasteiger partial charge on any atom is 0.417 e. The van der Waals surface area contributed by atoms with Gasteiger partial charge in [-0.3, -0.25) is 4.79 Å². The first kappa shape index (κ1) is 28.7. The van der Waals surface area contributed by atoms with Crippen molar-refractivity contribution in [3.05, 3.63) is 71.5 Å². The summed E-state index contributed by atoms with van der Waals surface area (Å²) in [5, 5.41) is 13.9. The van der Waals surface area contributed by atoms with Crippen LogP contribution in [0.2, 0.25) is 0 Å². The highest BCUT2D eigenvalue weighted by Gasteiger charge is 2.34. The first-order valence-electron chi connectivity index (χ1n) is 13.9. The molecule has 1 aliphatic carbocycles. The van der Waals surface area contributed by atoms with Crippen LogP contribution in [-0.4, -0.2) is 56.2 Å². The van der Waals surface area contributed by atoms with Crippen LogP contribution >= 0.6 is 0 Å². The summed E-state index contributed by atoms with van der Waals surface area (Å²) in [6.07, 6.45) is -1.30. The number of alkyl halides is 3. The molecule has 3 aromatic rings. The molecule has 5 rings (SSSR count). The predicted molar refractivity (Wildman–Crippen MR) is 149 cm³/mol. The predicted octanol–water partition coefficient (Wildman–Crippen LogP) is 6.21. The van der Waals surface area contributed by atoms with E-state index in [2.05, 4.69) is 10.2 Å². The number of nitriles is 1. The quantitative estimate of drug-likeness (QED) is 0.344. The first-order chi connectivity index (χ1) is 19.7. The molecular weight excluding hydrogens is 536 g/mol. The molecule has 0 atom stereocenters. The van der Waals surface area contributed by atoms with Gasteiger partial charge in [0.05, 0.1) is 23.3 Å². The number of nitrogens with one attached hydrogen (secondary N) is 1. The molecule has 41 heavy (non-hydrogen) atoms. The average Bonchev–Trinajstić information content (AvgIpc) is 2.98. The van der Waals surface area contributed by atoms with Crippen LogP contribution in [0.1, 0.15) is 36.8 Å². The minimum absolute atomic E-state index is 0.00864. The molecule has 1 heterocycles. The van der Waals surface area contributed by atoms with Gasteiger partial charge >= 0.3 is 6.18 Å². The third-order valence-electron chi connectivity index (χ3n) is 8.06. The van der Waals surface area contributed by atoms with E-state index in [0.717, 1.165) is 48.2 Å². The Hall–Kier alpha value is -3.84. The molecule has 1 saturated carbocycles. The molecule has 0 radical (unpaired) electrons. The molecule has 10 heteroatoms. The highest BCUT2D eigenvalue weighted by molar-refractivity contribution is 5.86. The van der Waals surface area contributed by atoms with Gasteiger partial charge in [0.25, 0.3) is 0 Å². The SMILES string of the molecule is N#Cc1ccc(NCC2CCC(OCC(=O)N3CCN(c4ccc5cc(F)ccc5c4)CC3)CC2)cc1C(F)(F)F. The lowest BCUT2D eigenvalue weighted by atomic mass is 9.87. The normalized spacial score (nSPS) is 19.7. The van der Waals surface area contributed by atoms with Gasteiger partial charge in [-0.25, -0.2) is 4.39 Å². The minimum Gasteiger partial charge on any atom is -0.385 e. The Balaban J connectivity index is 1.02. The molecule has 1 amide bonds. The van der Waals surface area contributed by atoms with Crippen molar-refractivity contribution in [1.29, 1.82) is 5.26 Å². The number of piperazine rings is 1. The van der Waals surface area contributed by atoms with E-state index in [4.69, 9.17) is 10.00 Å². The highest BCUT2D eigenvalue weighted by atomic mass is 19.4. The second kappa shape index (κ2) is 12.4. The molecular formula is C31H32F4N4O2. The summed E-state index contributed by atoms with van der Waals surface area (Å²) in [5.74, 6) is 0.0109. The number of rotatable bonds is 7. The number of halogens is 4. The van der Waals surface area contributed by atoms with Crippen molar-refractivity contribution < 1.29 is 27.1 Å². The van der Waals surface area contributed by atoms with Crippen LogP contribution in [0.4, 0.5) is 28.9 Å². The number of fused-ring (bicyclic) bond motifs is 1. The van der Waals surface area contributed by atoms with Crippen LogP contribution < -0.4 is 10.2 Å². The molecule has 1 saturated heterocycles. The van der Waals surface area contributed by atoms with Crippen LogP contribution in [0.5, 0.6) is 0 Å². The van der Waals surface area contributed by atoms with Crippen molar-refractivity contribution in [2.24, 2.45) is 5.92 Å². The maximum absolute atomic E-state index is 13.5. The largest absolute Gasteiger partial charge is 0.417 e. The number of carbonyl (C=O) groups is 1. The van der Waals surface area contributed by atoms with Gasteiger partial charge in [-0.05, 0) is 84.8 Å². The lowest BCUT2D eigenvalue weighted by Crippen LogP contribution is -2.50. The van der Waals surface area contributed by atoms with Gasteiger partial charge in [0.15, 0.2) is 0 Å². The Labute approximate surface area is 236 Å². The van der Waals surface area contributed by atoms with Gasteiger partial charge in [-0.15, -0.1) is 0 Å². The summed E-state index contributed by atoms with van der Waals surface area (Å²) >= 11 is 0. The monoisotopic (exact) mass is 568 g/mol. The van der Waals surface area contributed by atoms with E-state index in [1.807, 2.05) is 23.1 Å². The maximum atomic E-state index is 13.5. The molecule has 2 aliphatic rings. The van der Waals surface area contributed by atoms with Gasteiger partial charge in [0.2, 0.25) is 5.91 Å². The van der Waals surface area contributed by atoms with E-state index < -0.39 is 11.7 Å². The van der Waals surface area contributed by atoms with Gasteiger partial charge in [-0.2, -0.15) is 18.4 Å². The van der Waals surface area contributed by atoms with Crippen molar-refractivity contribution in [1.82, 2.24) is 4.90 Å². The van der Waals surface area contributed by atoms with Gasteiger partial charge < -0.3 is 19.9 Å². The van der Waals surface area contributed by atoms with Crippen molar-refractivity contribution >= 4 is 28.1 Å². The summed E-state index contributed by atoms with van der Waals surface area (Å²) in [4.78, 5) is 16.9. The standard InChI is InChI=1S/C31H32F4N4O2/c32-25-6-3-23-16-27(8-5-22(23)15-25)38-11-13-39(14-12-38)30(40)20-41-28-9-1-21(2-10-28)19-37-26-7-4-24(18-36)29(17-26)31(33,34)35/h3-8,15-17,21,28,37H,1-2,9-14,19-20H2. The highest BCUT2D eigenvalue weighted by Crippen LogP contribution is 2.34. The number of hydrogen-bond donors (Lipinski definition) is 1. The molecule has 0 bridgehead atoms. The zero-order valence-electron chi connectivity index (χ0n) is 22.6. The third-order valence-corrected chi connectivity index (χ3v) is 8.06. The molecule has 2 fully saturated rings. The lowest BCUT2D eigenvalue weighted by molar-refractivity contribution is -0.139. The number of carbonyl (C=O) groups excluding carboxylic acids is 1. The van der Waals surface area contributed by atoms with Crippen LogP contribution in [0.25, 0.3) is 10.8 Å². The fourth-order valence-corrected chi connectivity index (χ4v) is 5.65. The number of nitrogens with zero attached hydrogens (tertiary/aromatic N) is 3. The van der Waals surface area contributed by atoms with Gasteiger partial charge in [0, 0.05) is 44.1 Å². The van der Waals surface area contributed by atoms with E-state index in [1.54, 1.807) is 12.1 Å². The summed E-state index contributed by atoms with van der Waals surface area (Å²) in [7, 11) is 0. The van der Waals surface area contributed by atoms with Crippen molar-refractivity contribution in [2.45, 2.75) is 38.0 Å². The van der Waals surface area contributed by atoms with Crippen molar-refractivity contribution in [2.75, 3.05) is 49.5 Å². The molecule has 3 aromatic carbocycles. The molecule has 216 valence electrons. The number of benzene rings is 3. The van der Waals surface area contributed by atoms with Crippen molar-refractivity contribution in [3.8, 4) is 6.07 Å². The number of amides is 1. The Bertz CT molecular complexity index is 1420. The second-order valence-electron chi connectivity index (χ2n) is 10.7. The van der Waals surface area contributed by atoms with E-state index in [0.29, 0.717) is 38.4 Å². The van der Waals surface area contributed by atoms with E-state index in [-0.39, 0.29) is 35.9 Å². The van der Waals surface area contributed by atoms with Crippen LogP contribution in [0.3, 0.4) is 0 Å². The molecule has 6 nitrogen and oxygen atoms in total. The zero-order chi connectivity index (χ0) is 29.0. The number of anilines is 2. The zero-order valence-corrected chi connectivity index (χ0v) is 22.6. The van der Waals surface area contributed by atoms with Gasteiger partial charge in [-0.1, -0.05) is 12.1 Å². The summed E-state index contributed by atoms with van der Waals surface area (Å²) in [6.45, 7) is 3.20. The molecule has 1 N–H and O–H groups in total. The summed E-state index contributed by atoms with van der Waals surface area (Å²) in [6, 6.07) is 16.0. The van der Waals surface area contributed by atoms with Crippen LogP contribution in [-0.2, 0) is 15.7 Å². The van der Waals surface area contributed by atoms with Crippen molar-refractivity contribution in [3.63, 3.8) is 0 Å². The first-order valence-corrected chi connectivity index (χ1v) is 13.9. The number of ether oxygens (including phenoxy) is 1. The smallest absolute Gasteiger partial charge is 0.385 e. The fourth-order valence-electron chi connectivity index (χ4n) is 5.65. The molecule has 0 spiro atoms. The number of hydrogen-bond acceptors (Lipinski definition) is 5. The van der Waals surface area contributed by atoms with E-state index in [1.165, 1.54) is 24.3 Å². The van der Waals surface area contributed by atoms with Gasteiger partial charge in [0.1, 0.15) is 12.4 Å². The molecule has 1 aliphatic heterocycles. The topological polar surface area (TPSA) is 68.6 Å². The summed E-state index contributed by atoms with van der Waals surface area (Å²) in [5.41, 5.74) is 0.0793. The Morgan fingerprint density at radius 3 is 2.37 bits per heavy atom. The lowest BCUT2D eigenvalue weighted by Gasteiger charge is -2.36. The van der Waals surface area contributed by atoms with E-state index in [9.17, 15) is 22.4 Å². The fraction of sp³-hybridized carbons (Fsp3) is 0.419. The Morgan fingerprint density at radius 1 is 0.951 bits per heavy atom. The van der Waals surface area contributed by atoms with Crippen LogP contribution in [0.15, 0.2) is 54.6 Å². The Morgan fingerprint density at radius 2 is 1.66 bits per heavy atom. The summed E-state index contributed by atoms with van der Waals surface area (Å²) < 4.78 is 59.1. The average molecular weight is 569 g/mol. The second-order valence-corrected chi connectivity index (χ2v) is 10.7. The third kappa shape index (κ3) is 7.09. The Kier molecular flexibility index (Phi) is 8.64. The molecule has 0 aromatic heterocycles. The van der Waals surface area contributed by atoms with Crippen LogP contribution in [0, 0.1) is 23.1 Å². The van der Waals surface area contributed by atoms with E-state index >= 15 is 0 Å². The minimum atomic E-state index is -4.58. The molecule has 0 unspecified atom stereocenters.